The summed E-state index contributed by atoms with van der Waals surface area (Å²) in [6, 6.07) is 11.8. The lowest BCUT2D eigenvalue weighted by Gasteiger charge is -2.11. The second-order valence-electron chi connectivity index (χ2n) is 5.34. The fraction of sp³-hybridized carbons (Fsp3) is 0.167. The van der Waals surface area contributed by atoms with E-state index in [1.807, 2.05) is 6.92 Å². The minimum atomic E-state index is -0.581. The fourth-order valence-corrected chi connectivity index (χ4v) is 2.72. The van der Waals surface area contributed by atoms with Crippen molar-refractivity contribution in [1.29, 1.82) is 0 Å². The van der Waals surface area contributed by atoms with Crippen molar-refractivity contribution in [3.05, 3.63) is 63.4 Å². The molecule has 3 rings (SSSR count). The zero-order chi connectivity index (χ0) is 18.0. The number of fused-ring (bicyclic) bond motifs is 1. The number of carbonyl (C=O) groups excluding carboxylic acids is 1. The molecule has 0 spiro atoms. The van der Waals surface area contributed by atoms with E-state index >= 15 is 0 Å². The van der Waals surface area contributed by atoms with Crippen LogP contribution in [-0.4, -0.2) is 22.8 Å². The molecule has 3 aromatic rings. The number of nitrogens with zero attached hydrogens (tertiary/aromatic N) is 2. The Labute approximate surface area is 149 Å². The summed E-state index contributed by atoms with van der Waals surface area (Å²) in [6.07, 6.45) is 0. The molecule has 1 amide bonds. The summed E-state index contributed by atoms with van der Waals surface area (Å²) < 4.78 is 6.73. The quantitative estimate of drug-likeness (QED) is 0.777. The summed E-state index contributed by atoms with van der Waals surface area (Å²) in [4.78, 5) is 25.3. The van der Waals surface area contributed by atoms with Crippen molar-refractivity contribution in [2.24, 2.45) is 0 Å². The number of hydrogen-bond acceptors (Lipinski definition) is 4. The summed E-state index contributed by atoms with van der Waals surface area (Å²) in [5.74, 6) is 0.0179. The van der Waals surface area contributed by atoms with Crippen LogP contribution in [0.5, 0.6) is 5.75 Å². The molecule has 0 unspecified atom stereocenters. The van der Waals surface area contributed by atoms with Crippen LogP contribution in [0.1, 0.15) is 17.4 Å². The van der Waals surface area contributed by atoms with Crippen molar-refractivity contribution in [1.82, 2.24) is 9.78 Å². The maximum atomic E-state index is 12.7. The number of benzene rings is 2. The van der Waals surface area contributed by atoms with E-state index in [9.17, 15) is 9.59 Å². The second kappa shape index (κ2) is 6.94. The highest BCUT2D eigenvalue weighted by Gasteiger charge is 2.17. The first-order valence-corrected chi connectivity index (χ1v) is 8.07. The van der Waals surface area contributed by atoms with E-state index in [0.717, 1.165) is 0 Å². The molecule has 0 saturated carbocycles. The van der Waals surface area contributed by atoms with Gasteiger partial charge < -0.3 is 10.1 Å². The molecule has 6 nitrogen and oxygen atoms in total. The van der Waals surface area contributed by atoms with Crippen LogP contribution < -0.4 is 15.5 Å². The average molecular weight is 358 g/mol. The number of amides is 1. The van der Waals surface area contributed by atoms with Gasteiger partial charge in [-0.15, -0.1) is 0 Å². The molecule has 0 atom stereocenters. The zero-order valence-electron chi connectivity index (χ0n) is 13.7. The fourth-order valence-electron chi connectivity index (χ4n) is 2.54. The number of ether oxygens (including phenoxy) is 1. The highest BCUT2D eigenvalue weighted by atomic mass is 35.5. The van der Waals surface area contributed by atoms with E-state index < -0.39 is 11.3 Å². The van der Waals surface area contributed by atoms with Crippen LogP contribution in [0.2, 0.25) is 5.02 Å². The number of aryl methyl sites for hydroxylation is 1. The number of aromatic nitrogens is 2. The Morgan fingerprint density at radius 1 is 1.28 bits per heavy atom. The molecule has 7 heteroatoms. The van der Waals surface area contributed by atoms with Gasteiger partial charge in [0.2, 0.25) is 5.43 Å². The molecule has 1 N–H and O–H groups in total. The van der Waals surface area contributed by atoms with Crippen molar-refractivity contribution in [3.8, 4) is 5.75 Å². The molecule has 25 heavy (non-hydrogen) atoms. The molecule has 0 aliphatic heterocycles. The van der Waals surface area contributed by atoms with E-state index in [0.29, 0.717) is 33.9 Å². The first-order chi connectivity index (χ1) is 12.0. The SMILES string of the molecule is CCn1nc(C(=O)Nc2cccc(OC)c2)c(=O)c2cc(Cl)ccc21. The van der Waals surface area contributed by atoms with E-state index in [-0.39, 0.29) is 5.69 Å². The van der Waals surface area contributed by atoms with Crippen LogP contribution in [0, 0.1) is 0 Å². The molecule has 1 aromatic heterocycles. The maximum Gasteiger partial charge on any atom is 0.280 e. The molecule has 128 valence electrons. The van der Waals surface area contributed by atoms with Gasteiger partial charge in [0.15, 0.2) is 5.69 Å². The van der Waals surface area contributed by atoms with Crippen LogP contribution in [0.3, 0.4) is 0 Å². The number of carbonyl (C=O) groups is 1. The lowest BCUT2D eigenvalue weighted by Crippen LogP contribution is -2.27. The van der Waals surface area contributed by atoms with E-state index in [2.05, 4.69) is 10.4 Å². The Balaban J connectivity index is 2.06. The van der Waals surface area contributed by atoms with E-state index in [4.69, 9.17) is 16.3 Å². The second-order valence-corrected chi connectivity index (χ2v) is 5.78. The first-order valence-electron chi connectivity index (χ1n) is 7.69. The molecule has 0 aliphatic carbocycles. The Bertz CT molecular complexity index is 1010. The number of nitrogens with one attached hydrogen (secondary N) is 1. The van der Waals surface area contributed by atoms with E-state index in [1.54, 1.807) is 47.1 Å². The van der Waals surface area contributed by atoms with Crippen LogP contribution in [0.25, 0.3) is 10.9 Å². The number of halogens is 1. The molecule has 2 aromatic carbocycles. The molecule has 0 saturated heterocycles. The first kappa shape index (κ1) is 17.0. The van der Waals surface area contributed by atoms with Gasteiger partial charge in [0.1, 0.15) is 5.75 Å². The third-order valence-corrected chi connectivity index (χ3v) is 3.99. The van der Waals surface area contributed by atoms with Crippen LogP contribution >= 0.6 is 11.6 Å². The highest BCUT2D eigenvalue weighted by Crippen LogP contribution is 2.19. The standard InChI is InChI=1S/C18H16ClN3O3/c1-3-22-15-8-7-11(19)9-14(15)17(23)16(21-22)18(24)20-12-5-4-6-13(10-12)25-2/h4-10H,3H2,1-2H3,(H,20,24). The van der Waals surface area contributed by atoms with Crippen molar-refractivity contribution in [3.63, 3.8) is 0 Å². The Morgan fingerprint density at radius 2 is 2.08 bits per heavy atom. The number of anilines is 1. The van der Waals surface area contributed by atoms with Gasteiger partial charge in [-0.2, -0.15) is 5.10 Å². The van der Waals surface area contributed by atoms with Crippen molar-refractivity contribution < 1.29 is 9.53 Å². The van der Waals surface area contributed by atoms with Gasteiger partial charge in [-0.05, 0) is 37.3 Å². The van der Waals surface area contributed by atoms with Gasteiger partial charge >= 0.3 is 0 Å². The van der Waals surface area contributed by atoms with Crippen molar-refractivity contribution >= 4 is 34.1 Å². The number of rotatable bonds is 4. The van der Waals surface area contributed by atoms with E-state index in [1.165, 1.54) is 7.11 Å². The van der Waals surface area contributed by atoms with Gasteiger partial charge in [-0.25, -0.2) is 0 Å². The van der Waals surface area contributed by atoms with Crippen molar-refractivity contribution in [2.75, 3.05) is 12.4 Å². The lowest BCUT2D eigenvalue weighted by molar-refractivity contribution is 0.101. The molecule has 1 heterocycles. The largest absolute Gasteiger partial charge is 0.497 e. The molecule has 0 aliphatic rings. The maximum absolute atomic E-state index is 12.7. The lowest BCUT2D eigenvalue weighted by atomic mass is 10.2. The van der Waals surface area contributed by atoms with Crippen LogP contribution in [0.4, 0.5) is 5.69 Å². The van der Waals surface area contributed by atoms with Crippen LogP contribution in [-0.2, 0) is 6.54 Å². The van der Waals surface area contributed by atoms with Crippen LogP contribution in [0.15, 0.2) is 47.3 Å². The normalized spacial score (nSPS) is 10.7. The Hall–Kier alpha value is -2.86. The minimum Gasteiger partial charge on any atom is -0.497 e. The molecule has 0 radical (unpaired) electrons. The minimum absolute atomic E-state index is 0.181. The number of methoxy groups -OCH3 is 1. The van der Waals surface area contributed by atoms with Gasteiger partial charge in [-0.3, -0.25) is 14.3 Å². The van der Waals surface area contributed by atoms with Gasteiger partial charge in [0.25, 0.3) is 5.91 Å². The summed E-state index contributed by atoms with van der Waals surface area (Å²) in [5.41, 5.74) is 0.511. The molecular formula is C18H16ClN3O3. The topological polar surface area (TPSA) is 73.2 Å². The predicted molar refractivity (Wildman–Crippen MR) is 97.6 cm³/mol. The highest BCUT2D eigenvalue weighted by molar-refractivity contribution is 6.31. The average Bonchev–Trinajstić information content (AvgIpc) is 2.62. The third-order valence-electron chi connectivity index (χ3n) is 3.76. The Morgan fingerprint density at radius 3 is 2.80 bits per heavy atom. The van der Waals surface area contributed by atoms with Gasteiger partial charge in [0, 0.05) is 23.3 Å². The number of hydrogen-bond donors (Lipinski definition) is 1. The summed E-state index contributed by atoms with van der Waals surface area (Å²) in [6.45, 7) is 2.40. The van der Waals surface area contributed by atoms with Crippen molar-refractivity contribution in [2.45, 2.75) is 13.5 Å². The molecule has 0 bridgehead atoms. The zero-order valence-corrected chi connectivity index (χ0v) is 14.5. The molecular weight excluding hydrogens is 342 g/mol. The smallest absolute Gasteiger partial charge is 0.280 e. The summed E-state index contributed by atoms with van der Waals surface area (Å²) in [7, 11) is 1.54. The predicted octanol–water partition coefficient (Wildman–Crippen LogP) is 3.33. The Kier molecular flexibility index (Phi) is 4.72. The van der Waals surface area contributed by atoms with Gasteiger partial charge in [-0.1, -0.05) is 17.7 Å². The summed E-state index contributed by atoms with van der Waals surface area (Å²) >= 11 is 6.00. The van der Waals surface area contributed by atoms with Gasteiger partial charge in [0.05, 0.1) is 18.0 Å². The third kappa shape index (κ3) is 3.34. The monoisotopic (exact) mass is 357 g/mol. The molecule has 0 fully saturated rings. The summed E-state index contributed by atoms with van der Waals surface area (Å²) in [5, 5.41) is 7.67.